The molecule has 2 N–H and O–H groups in total. The highest BCUT2D eigenvalue weighted by atomic mass is 16.5. The maximum atomic E-state index is 12.4. The average Bonchev–Trinajstić information content (AvgIpc) is 2.66. The normalized spacial score (nSPS) is 10.3. The third-order valence-electron chi connectivity index (χ3n) is 4.21. The number of nitrogens with one attached hydrogen (secondary N) is 1. The summed E-state index contributed by atoms with van der Waals surface area (Å²) in [7, 11) is 2.85. The van der Waals surface area contributed by atoms with Crippen LogP contribution in [-0.4, -0.2) is 31.2 Å². The quantitative estimate of drug-likeness (QED) is 0.698. The lowest BCUT2D eigenvalue weighted by atomic mass is 10.0. The predicted molar refractivity (Wildman–Crippen MR) is 104 cm³/mol. The van der Waals surface area contributed by atoms with Crippen LogP contribution >= 0.6 is 0 Å². The zero-order valence-corrected chi connectivity index (χ0v) is 15.9. The van der Waals surface area contributed by atoms with Gasteiger partial charge in [0.2, 0.25) is 5.91 Å². The van der Waals surface area contributed by atoms with Crippen molar-refractivity contribution in [3.63, 3.8) is 0 Å². The minimum absolute atomic E-state index is 0.00299. The summed E-state index contributed by atoms with van der Waals surface area (Å²) in [4.78, 5) is 23.7. The van der Waals surface area contributed by atoms with E-state index in [9.17, 15) is 14.7 Å². The molecule has 2 aromatic rings. The zero-order chi connectivity index (χ0) is 19.8. The Kier molecular flexibility index (Phi) is 7.23. The SMILES string of the molecule is CCCCc1ccc(CC(=O)Nc2cc(C(=O)O)cc(OC)c2OC)cc1. The largest absolute Gasteiger partial charge is 0.493 e. The highest BCUT2D eigenvalue weighted by molar-refractivity contribution is 5.97. The molecule has 0 atom stereocenters. The molecule has 0 saturated heterocycles. The van der Waals surface area contributed by atoms with Crippen molar-refractivity contribution >= 4 is 17.6 Å². The number of carbonyl (C=O) groups excluding carboxylic acids is 1. The Balaban J connectivity index is 2.14. The number of carboxylic acids is 1. The number of carbonyl (C=O) groups is 2. The first-order valence-corrected chi connectivity index (χ1v) is 8.85. The molecule has 1 amide bonds. The number of benzene rings is 2. The molecule has 0 saturated carbocycles. The Morgan fingerprint density at radius 3 is 2.26 bits per heavy atom. The molecular weight excluding hydrogens is 346 g/mol. The standard InChI is InChI=1S/C21H25NO5/c1-4-5-6-14-7-9-15(10-8-14)11-19(23)22-17-12-16(21(24)25)13-18(26-2)20(17)27-3/h7-10,12-13H,4-6,11H2,1-3H3,(H,22,23)(H,24,25). The fraction of sp³-hybridized carbons (Fsp3) is 0.333. The van der Waals surface area contributed by atoms with Crippen LogP contribution in [-0.2, 0) is 17.6 Å². The van der Waals surface area contributed by atoms with Crippen LogP contribution in [0.2, 0.25) is 0 Å². The summed E-state index contributed by atoms with van der Waals surface area (Å²) in [6.45, 7) is 2.15. The summed E-state index contributed by atoms with van der Waals surface area (Å²) < 4.78 is 10.4. The number of ether oxygens (including phenoxy) is 2. The van der Waals surface area contributed by atoms with Crippen molar-refractivity contribution in [2.24, 2.45) is 0 Å². The van der Waals surface area contributed by atoms with Gasteiger partial charge in [-0.05, 0) is 36.1 Å². The van der Waals surface area contributed by atoms with E-state index in [-0.39, 0.29) is 35.1 Å². The van der Waals surface area contributed by atoms with E-state index in [0.29, 0.717) is 0 Å². The Morgan fingerprint density at radius 1 is 1.04 bits per heavy atom. The van der Waals surface area contributed by atoms with Gasteiger partial charge in [0.05, 0.1) is 31.9 Å². The van der Waals surface area contributed by atoms with E-state index in [0.717, 1.165) is 24.8 Å². The Bertz CT molecular complexity index is 799. The summed E-state index contributed by atoms with van der Waals surface area (Å²) in [5.74, 6) is -0.855. The third-order valence-corrected chi connectivity index (χ3v) is 4.21. The summed E-state index contributed by atoms with van der Waals surface area (Å²) in [5, 5.41) is 12.0. The fourth-order valence-corrected chi connectivity index (χ4v) is 2.77. The Hall–Kier alpha value is -3.02. The van der Waals surface area contributed by atoms with Gasteiger partial charge in [-0.15, -0.1) is 0 Å². The van der Waals surface area contributed by atoms with Gasteiger partial charge in [0.25, 0.3) is 0 Å². The maximum Gasteiger partial charge on any atom is 0.335 e. The monoisotopic (exact) mass is 371 g/mol. The number of unbranched alkanes of at least 4 members (excludes halogenated alkanes) is 1. The summed E-state index contributed by atoms with van der Waals surface area (Å²) in [6, 6.07) is 10.7. The summed E-state index contributed by atoms with van der Waals surface area (Å²) in [6.07, 6.45) is 3.49. The Labute approximate surface area is 159 Å². The van der Waals surface area contributed by atoms with Gasteiger partial charge in [0, 0.05) is 0 Å². The minimum atomic E-state index is -1.12. The number of aryl methyl sites for hydroxylation is 1. The van der Waals surface area contributed by atoms with Crippen molar-refractivity contribution in [3.8, 4) is 11.5 Å². The number of amides is 1. The van der Waals surface area contributed by atoms with Crippen molar-refractivity contribution in [3.05, 3.63) is 53.1 Å². The molecule has 0 aliphatic heterocycles. The first-order chi connectivity index (χ1) is 13.0. The van der Waals surface area contributed by atoms with Crippen LogP contribution in [0.1, 0.15) is 41.3 Å². The van der Waals surface area contributed by atoms with E-state index in [1.807, 2.05) is 24.3 Å². The second kappa shape index (κ2) is 9.62. The molecule has 0 aromatic heterocycles. The number of methoxy groups -OCH3 is 2. The third kappa shape index (κ3) is 5.48. The van der Waals surface area contributed by atoms with Crippen LogP contribution < -0.4 is 14.8 Å². The van der Waals surface area contributed by atoms with Crippen molar-refractivity contribution in [2.45, 2.75) is 32.6 Å². The molecule has 2 rings (SSSR count). The van der Waals surface area contributed by atoms with E-state index in [4.69, 9.17) is 9.47 Å². The van der Waals surface area contributed by atoms with Gasteiger partial charge in [-0.3, -0.25) is 4.79 Å². The van der Waals surface area contributed by atoms with E-state index in [1.165, 1.54) is 31.9 Å². The molecule has 2 aromatic carbocycles. The van der Waals surface area contributed by atoms with Gasteiger partial charge >= 0.3 is 5.97 Å². The molecule has 0 aliphatic rings. The number of hydrogen-bond donors (Lipinski definition) is 2. The lowest BCUT2D eigenvalue weighted by molar-refractivity contribution is -0.115. The first kappa shape index (κ1) is 20.3. The number of aromatic carboxylic acids is 1. The lowest BCUT2D eigenvalue weighted by Crippen LogP contribution is -2.16. The summed E-state index contributed by atoms with van der Waals surface area (Å²) >= 11 is 0. The predicted octanol–water partition coefficient (Wildman–Crippen LogP) is 3.93. The number of anilines is 1. The van der Waals surface area contributed by atoms with Crippen molar-refractivity contribution < 1.29 is 24.2 Å². The number of hydrogen-bond acceptors (Lipinski definition) is 4. The number of carboxylic acid groups (broad SMARTS) is 1. The molecular formula is C21H25NO5. The molecule has 27 heavy (non-hydrogen) atoms. The van der Waals surface area contributed by atoms with Gasteiger partial charge in [-0.2, -0.15) is 0 Å². The van der Waals surface area contributed by atoms with E-state index >= 15 is 0 Å². The van der Waals surface area contributed by atoms with Crippen LogP contribution in [0.15, 0.2) is 36.4 Å². The molecule has 0 heterocycles. The van der Waals surface area contributed by atoms with E-state index in [1.54, 1.807) is 0 Å². The zero-order valence-electron chi connectivity index (χ0n) is 15.9. The summed E-state index contributed by atoms with van der Waals surface area (Å²) in [5.41, 5.74) is 2.40. The highest BCUT2D eigenvalue weighted by Crippen LogP contribution is 2.36. The Morgan fingerprint density at radius 2 is 1.70 bits per heavy atom. The van der Waals surface area contributed by atoms with E-state index < -0.39 is 5.97 Å². The second-order valence-electron chi connectivity index (χ2n) is 6.21. The molecule has 0 unspecified atom stereocenters. The topological polar surface area (TPSA) is 84.9 Å². The molecule has 0 spiro atoms. The van der Waals surface area contributed by atoms with Crippen LogP contribution in [0, 0.1) is 0 Å². The lowest BCUT2D eigenvalue weighted by Gasteiger charge is -2.15. The van der Waals surface area contributed by atoms with Crippen LogP contribution in [0.3, 0.4) is 0 Å². The number of rotatable bonds is 9. The van der Waals surface area contributed by atoms with Gasteiger partial charge in [0.15, 0.2) is 11.5 Å². The van der Waals surface area contributed by atoms with Gasteiger partial charge < -0.3 is 19.9 Å². The molecule has 0 radical (unpaired) electrons. The van der Waals surface area contributed by atoms with Crippen LogP contribution in [0.25, 0.3) is 0 Å². The average molecular weight is 371 g/mol. The molecule has 6 nitrogen and oxygen atoms in total. The molecule has 144 valence electrons. The van der Waals surface area contributed by atoms with Crippen LogP contribution in [0.4, 0.5) is 5.69 Å². The van der Waals surface area contributed by atoms with Gasteiger partial charge in [0.1, 0.15) is 0 Å². The highest BCUT2D eigenvalue weighted by Gasteiger charge is 2.17. The van der Waals surface area contributed by atoms with Crippen LogP contribution in [0.5, 0.6) is 11.5 Å². The van der Waals surface area contributed by atoms with Gasteiger partial charge in [-0.1, -0.05) is 37.6 Å². The van der Waals surface area contributed by atoms with Crippen molar-refractivity contribution in [1.82, 2.24) is 0 Å². The molecule has 0 fully saturated rings. The molecule has 6 heteroatoms. The molecule has 0 bridgehead atoms. The smallest absolute Gasteiger partial charge is 0.335 e. The second-order valence-corrected chi connectivity index (χ2v) is 6.21. The van der Waals surface area contributed by atoms with E-state index in [2.05, 4.69) is 12.2 Å². The fourth-order valence-electron chi connectivity index (χ4n) is 2.77. The first-order valence-electron chi connectivity index (χ1n) is 8.85. The van der Waals surface area contributed by atoms with Crippen molar-refractivity contribution in [2.75, 3.05) is 19.5 Å². The van der Waals surface area contributed by atoms with Gasteiger partial charge in [-0.25, -0.2) is 4.79 Å². The van der Waals surface area contributed by atoms with Crippen molar-refractivity contribution in [1.29, 1.82) is 0 Å². The molecule has 0 aliphatic carbocycles. The minimum Gasteiger partial charge on any atom is -0.493 e. The maximum absolute atomic E-state index is 12.4.